The molecular weight excluding hydrogens is 404 g/mol. The Labute approximate surface area is 203 Å². The zero-order chi connectivity index (χ0) is 24.2. The lowest BCUT2D eigenvalue weighted by molar-refractivity contribution is -0.246. The summed E-state index contributed by atoms with van der Waals surface area (Å²) in [5, 5.41) is 10.9. The van der Waals surface area contributed by atoms with Crippen molar-refractivity contribution in [2.24, 2.45) is 56.7 Å². The third-order valence-electron chi connectivity index (χ3n) is 13.7. The fourth-order valence-electron chi connectivity index (χ4n) is 11.7. The van der Waals surface area contributed by atoms with Gasteiger partial charge in [0.2, 0.25) is 0 Å². The van der Waals surface area contributed by atoms with Gasteiger partial charge in [0.25, 0.3) is 0 Å². The standard InChI is InChI=1S/C31H50O2/c1-19(2)21-11-16-31(20(3)32)18-17-29(7)22(26(21)31)9-10-24-28(6)14-13-25(33)27(4,5)23(28)12-15-30(24,29)8/h21-26,33H,1,9-18H2,2-8H3/t21-,22+,23?,24+,25?,26?,28-,29+,30+,31+/m0/s1. The maximum atomic E-state index is 13.2. The molecule has 0 bridgehead atoms. The van der Waals surface area contributed by atoms with Crippen molar-refractivity contribution in [3.8, 4) is 0 Å². The van der Waals surface area contributed by atoms with Crippen LogP contribution in [0.4, 0.5) is 0 Å². The molecule has 1 N–H and O–H groups in total. The first-order valence-electron chi connectivity index (χ1n) is 14.1. The number of ketones is 1. The first kappa shape index (κ1) is 24.1. The van der Waals surface area contributed by atoms with E-state index in [-0.39, 0.29) is 16.9 Å². The summed E-state index contributed by atoms with van der Waals surface area (Å²) in [5.41, 5.74) is 2.19. The van der Waals surface area contributed by atoms with Crippen molar-refractivity contribution < 1.29 is 9.90 Å². The monoisotopic (exact) mass is 454 g/mol. The minimum atomic E-state index is -0.160. The van der Waals surface area contributed by atoms with E-state index >= 15 is 0 Å². The minimum absolute atomic E-state index is 0.0128. The Morgan fingerprint density at radius 1 is 0.788 bits per heavy atom. The van der Waals surface area contributed by atoms with Crippen molar-refractivity contribution in [1.29, 1.82) is 0 Å². The molecule has 5 saturated carbocycles. The third kappa shape index (κ3) is 2.80. The summed E-state index contributed by atoms with van der Waals surface area (Å²) in [6.45, 7) is 21.1. The van der Waals surface area contributed by atoms with E-state index < -0.39 is 0 Å². The van der Waals surface area contributed by atoms with Crippen molar-refractivity contribution >= 4 is 5.78 Å². The molecule has 10 atom stereocenters. The van der Waals surface area contributed by atoms with Crippen LogP contribution in [0, 0.1) is 56.7 Å². The average molecular weight is 455 g/mol. The topological polar surface area (TPSA) is 37.3 Å². The highest BCUT2D eigenvalue weighted by molar-refractivity contribution is 5.83. The summed E-state index contributed by atoms with van der Waals surface area (Å²) in [6, 6.07) is 0. The Bertz CT molecular complexity index is 857. The molecule has 5 aliphatic rings. The van der Waals surface area contributed by atoms with Gasteiger partial charge in [-0.3, -0.25) is 4.79 Å². The Hall–Kier alpha value is -0.630. The fourth-order valence-corrected chi connectivity index (χ4v) is 11.7. The number of rotatable bonds is 2. The fraction of sp³-hybridized carbons (Fsp3) is 0.903. The molecule has 0 radical (unpaired) electrons. The number of aliphatic hydroxyl groups is 1. The molecule has 0 aromatic carbocycles. The van der Waals surface area contributed by atoms with Gasteiger partial charge in [0.1, 0.15) is 5.78 Å². The lowest BCUT2D eigenvalue weighted by Crippen LogP contribution is -2.67. The van der Waals surface area contributed by atoms with Crippen LogP contribution < -0.4 is 0 Å². The summed E-state index contributed by atoms with van der Waals surface area (Å²) >= 11 is 0. The van der Waals surface area contributed by atoms with Crippen molar-refractivity contribution in [1.82, 2.24) is 0 Å². The van der Waals surface area contributed by atoms with E-state index in [0.29, 0.717) is 45.7 Å². The van der Waals surface area contributed by atoms with Gasteiger partial charge in [-0.05, 0) is 129 Å². The summed E-state index contributed by atoms with van der Waals surface area (Å²) in [7, 11) is 0. The average Bonchev–Trinajstić information content (AvgIpc) is 3.13. The molecule has 5 rings (SSSR count). The number of hydrogen-bond donors (Lipinski definition) is 1. The number of allylic oxidation sites excluding steroid dienone is 1. The lowest BCUT2D eigenvalue weighted by Gasteiger charge is -2.72. The van der Waals surface area contributed by atoms with E-state index in [1.54, 1.807) is 0 Å². The van der Waals surface area contributed by atoms with E-state index in [1.807, 2.05) is 6.92 Å². The molecule has 0 amide bonds. The Morgan fingerprint density at radius 2 is 1.48 bits per heavy atom. The van der Waals surface area contributed by atoms with E-state index in [0.717, 1.165) is 31.6 Å². The predicted octanol–water partition coefficient (Wildman–Crippen LogP) is 7.59. The van der Waals surface area contributed by atoms with Crippen LogP contribution in [-0.4, -0.2) is 17.0 Å². The quantitative estimate of drug-likeness (QED) is 0.436. The van der Waals surface area contributed by atoms with E-state index in [2.05, 4.69) is 48.1 Å². The molecular formula is C31H50O2. The van der Waals surface area contributed by atoms with Crippen molar-refractivity contribution in [3.05, 3.63) is 12.2 Å². The van der Waals surface area contributed by atoms with Gasteiger partial charge in [0.05, 0.1) is 6.10 Å². The lowest BCUT2D eigenvalue weighted by atomic mass is 9.32. The van der Waals surface area contributed by atoms with Crippen LogP contribution in [0.25, 0.3) is 0 Å². The van der Waals surface area contributed by atoms with Gasteiger partial charge in [-0.25, -0.2) is 0 Å². The molecule has 33 heavy (non-hydrogen) atoms. The maximum absolute atomic E-state index is 13.2. The minimum Gasteiger partial charge on any atom is -0.393 e. The summed E-state index contributed by atoms with van der Waals surface area (Å²) in [5.74, 6) is 3.47. The van der Waals surface area contributed by atoms with E-state index in [9.17, 15) is 9.90 Å². The van der Waals surface area contributed by atoms with Crippen molar-refractivity contribution in [2.75, 3.05) is 0 Å². The number of hydrogen-bond acceptors (Lipinski definition) is 2. The van der Waals surface area contributed by atoms with Crippen LogP contribution in [0.15, 0.2) is 12.2 Å². The van der Waals surface area contributed by atoms with Crippen LogP contribution in [-0.2, 0) is 4.79 Å². The molecule has 0 aromatic rings. The second-order valence-electron chi connectivity index (χ2n) is 14.8. The Kier molecular flexibility index (Phi) is 5.26. The largest absolute Gasteiger partial charge is 0.393 e. The van der Waals surface area contributed by atoms with Gasteiger partial charge < -0.3 is 5.11 Å². The molecule has 0 saturated heterocycles. The normalized spacial score (nSPS) is 55.0. The maximum Gasteiger partial charge on any atom is 0.136 e. The second kappa shape index (κ2) is 7.21. The van der Waals surface area contributed by atoms with Gasteiger partial charge >= 0.3 is 0 Å². The molecule has 5 aliphatic carbocycles. The SMILES string of the molecule is C=C(C)[C@@H]1CC[C@]2(C(C)=O)CC[C@]3(C)[C@H](CC[C@@H]4[C@@]5(C)CCC(O)C(C)(C)C5CC[C@]43C)C12. The third-order valence-corrected chi connectivity index (χ3v) is 13.7. The molecule has 0 spiro atoms. The van der Waals surface area contributed by atoms with Gasteiger partial charge in [-0.15, -0.1) is 0 Å². The van der Waals surface area contributed by atoms with Gasteiger partial charge in [-0.2, -0.15) is 0 Å². The van der Waals surface area contributed by atoms with Crippen molar-refractivity contribution in [3.63, 3.8) is 0 Å². The van der Waals surface area contributed by atoms with Crippen LogP contribution in [0.3, 0.4) is 0 Å². The predicted molar refractivity (Wildman–Crippen MR) is 136 cm³/mol. The van der Waals surface area contributed by atoms with Crippen molar-refractivity contribution in [2.45, 2.75) is 119 Å². The summed E-state index contributed by atoms with van der Waals surface area (Å²) in [4.78, 5) is 13.2. The number of aliphatic hydroxyl groups excluding tert-OH is 1. The van der Waals surface area contributed by atoms with E-state index in [1.165, 1.54) is 44.1 Å². The molecule has 0 heterocycles. The zero-order valence-electron chi connectivity index (χ0n) is 22.6. The number of carbonyl (C=O) groups excluding carboxylic acids is 1. The van der Waals surface area contributed by atoms with Crippen LogP contribution in [0.2, 0.25) is 0 Å². The van der Waals surface area contributed by atoms with Gasteiger partial charge in [0, 0.05) is 5.41 Å². The highest BCUT2D eigenvalue weighted by Crippen LogP contribution is 2.77. The zero-order valence-corrected chi connectivity index (χ0v) is 22.6. The molecule has 186 valence electrons. The molecule has 0 aromatic heterocycles. The summed E-state index contributed by atoms with van der Waals surface area (Å²) in [6.07, 6.45) is 11.7. The van der Waals surface area contributed by atoms with Crippen LogP contribution in [0.1, 0.15) is 113 Å². The summed E-state index contributed by atoms with van der Waals surface area (Å²) < 4.78 is 0. The smallest absolute Gasteiger partial charge is 0.136 e. The number of fused-ring (bicyclic) bond motifs is 7. The first-order valence-corrected chi connectivity index (χ1v) is 14.1. The van der Waals surface area contributed by atoms with Crippen LogP contribution in [0.5, 0.6) is 0 Å². The molecule has 3 unspecified atom stereocenters. The highest BCUT2D eigenvalue weighted by Gasteiger charge is 2.71. The van der Waals surface area contributed by atoms with Crippen LogP contribution >= 0.6 is 0 Å². The van der Waals surface area contributed by atoms with E-state index in [4.69, 9.17) is 0 Å². The first-order chi connectivity index (χ1) is 15.3. The molecule has 5 fully saturated rings. The van der Waals surface area contributed by atoms with Gasteiger partial charge in [0.15, 0.2) is 0 Å². The Balaban J connectivity index is 1.57. The molecule has 2 heteroatoms. The number of carbonyl (C=O) groups is 1. The number of Topliss-reactive ketones (excluding diaryl/α,β-unsaturated/α-hetero) is 1. The highest BCUT2D eigenvalue weighted by atomic mass is 16.3. The Morgan fingerprint density at radius 3 is 2.12 bits per heavy atom. The van der Waals surface area contributed by atoms with Gasteiger partial charge in [-0.1, -0.05) is 46.8 Å². The molecule has 2 nitrogen and oxygen atoms in total. The second-order valence-corrected chi connectivity index (χ2v) is 14.8. The molecule has 0 aliphatic heterocycles.